The van der Waals surface area contributed by atoms with Crippen molar-refractivity contribution < 1.29 is 0 Å². The summed E-state index contributed by atoms with van der Waals surface area (Å²) in [5.41, 5.74) is 8.07. The number of thiazole rings is 1. The van der Waals surface area contributed by atoms with E-state index < -0.39 is 0 Å². The topological polar surface area (TPSA) is 38.9 Å². The Bertz CT molecular complexity index is 489. The molecule has 0 saturated heterocycles. The van der Waals surface area contributed by atoms with Gasteiger partial charge >= 0.3 is 0 Å². The summed E-state index contributed by atoms with van der Waals surface area (Å²) < 4.78 is 0. The highest BCUT2D eigenvalue weighted by Gasteiger charge is 2.06. The molecule has 1 aromatic heterocycles. The molecule has 0 spiro atoms. The highest BCUT2D eigenvalue weighted by molar-refractivity contribution is 7.99. The molecule has 2 aromatic rings. The predicted molar refractivity (Wildman–Crippen MR) is 81.3 cm³/mol. The van der Waals surface area contributed by atoms with E-state index in [1.54, 1.807) is 11.3 Å². The maximum atomic E-state index is 5.79. The van der Waals surface area contributed by atoms with Crippen LogP contribution in [0.3, 0.4) is 0 Å². The van der Waals surface area contributed by atoms with Crippen molar-refractivity contribution in [2.24, 2.45) is 5.73 Å². The van der Waals surface area contributed by atoms with Crippen molar-refractivity contribution >= 4 is 23.1 Å². The van der Waals surface area contributed by atoms with E-state index in [9.17, 15) is 0 Å². The van der Waals surface area contributed by atoms with E-state index >= 15 is 0 Å². The number of hydrogen-bond acceptors (Lipinski definition) is 4. The zero-order valence-electron chi connectivity index (χ0n) is 10.7. The smallest absolute Gasteiger partial charge is 0.123 e. The van der Waals surface area contributed by atoms with Crippen molar-refractivity contribution in [1.29, 1.82) is 0 Å². The number of thioether (sulfide) groups is 1. The Morgan fingerprint density at radius 2 is 2.06 bits per heavy atom. The lowest BCUT2D eigenvalue weighted by Gasteiger charge is -2.01. The molecule has 0 aliphatic heterocycles. The molecule has 0 aliphatic carbocycles. The van der Waals surface area contributed by atoms with Gasteiger partial charge in [-0.2, -0.15) is 0 Å². The van der Waals surface area contributed by atoms with Gasteiger partial charge in [0.1, 0.15) is 5.01 Å². The summed E-state index contributed by atoms with van der Waals surface area (Å²) in [5, 5.41) is 3.19. The largest absolute Gasteiger partial charge is 0.328 e. The Morgan fingerprint density at radius 1 is 1.33 bits per heavy atom. The molecule has 2 N–H and O–H groups in total. The summed E-state index contributed by atoms with van der Waals surface area (Å²) in [6.45, 7) is 4.18. The van der Waals surface area contributed by atoms with Crippen molar-refractivity contribution in [1.82, 2.24) is 4.98 Å². The molecule has 96 valence electrons. The first-order chi connectivity index (χ1) is 8.69. The average Bonchev–Trinajstić information content (AvgIpc) is 2.78. The molecule has 1 aromatic carbocycles. The van der Waals surface area contributed by atoms with Crippen molar-refractivity contribution in [2.75, 3.05) is 5.75 Å². The molecule has 2 rings (SSSR count). The van der Waals surface area contributed by atoms with Crippen LogP contribution in [0.25, 0.3) is 10.6 Å². The first-order valence-electron chi connectivity index (χ1n) is 6.12. The monoisotopic (exact) mass is 278 g/mol. The number of rotatable bonds is 5. The second kappa shape index (κ2) is 6.36. The first kappa shape index (κ1) is 13.6. The van der Waals surface area contributed by atoms with Gasteiger partial charge in [0.2, 0.25) is 0 Å². The lowest BCUT2D eigenvalue weighted by molar-refractivity contribution is 0.726. The minimum Gasteiger partial charge on any atom is -0.328 e. The van der Waals surface area contributed by atoms with Gasteiger partial charge < -0.3 is 5.73 Å². The van der Waals surface area contributed by atoms with Crippen LogP contribution in [0.5, 0.6) is 0 Å². The first-order valence-corrected chi connectivity index (χ1v) is 7.98. The van der Waals surface area contributed by atoms with Crippen molar-refractivity contribution in [3.05, 3.63) is 35.3 Å². The predicted octanol–water partition coefficient (Wildman–Crippen LogP) is 3.81. The second-order valence-corrected chi connectivity index (χ2v) is 6.48. The van der Waals surface area contributed by atoms with Crippen molar-refractivity contribution in [2.45, 2.75) is 31.2 Å². The van der Waals surface area contributed by atoms with E-state index in [0.717, 1.165) is 22.9 Å². The number of nitrogens with zero attached hydrogens (tertiary/aromatic N) is 1. The Balaban J connectivity index is 2.13. The van der Waals surface area contributed by atoms with Crippen molar-refractivity contribution in [3.63, 3.8) is 0 Å². The molecule has 0 aliphatic rings. The lowest BCUT2D eigenvalue weighted by atomic mass is 10.2. The summed E-state index contributed by atoms with van der Waals surface area (Å²) in [7, 11) is 0. The SMILES string of the molecule is CCSc1ccc(-c2nc(CC(C)N)cs2)cc1. The van der Waals surface area contributed by atoms with Crippen LogP contribution in [0.1, 0.15) is 19.5 Å². The summed E-state index contributed by atoms with van der Waals surface area (Å²) in [6.07, 6.45) is 0.847. The van der Waals surface area contributed by atoms with Crippen LogP contribution >= 0.6 is 23.1 Å². The van der Waals surface area contributed by atoms with Crippen molar-refractivity contribution in [3.8, 4) is 10.6 Å². The normalized spacial score (nSPS) is 12.6. The standard InChI is InChI=1S/C14H18N2S2/c1-3-17-13-6-4-11(5-7-13)14-16-12(9-18-14)8-10(2)15/h4-7,9-10H,3,8,15H2,1-2H3. The molecule has 4 heteroatoms. The summed E-state index contributed by atoms with van der Waals surface area (Å²) in [4.78, 5) is 5.94. The molecule has 0 radical (unpaired) electrons. The van der Waals surface area contributed by atoms with Crippen LogP contribution in [-0.2, 0) is 6.42 Å². The van der Waals surface area contributed by atoms with E-state index in [-0.39, 0.29) is 6.04 Å². The lowest BCUT2D eigenvalue weighted by Crippen LogP contribution is -2.17. The number of benzene rings is 1. The molecule has 1 unspecified atom stereocenters. The third-order valence-electron chi connectivity index (χ3n) is 2.50. The molecule has 1 heterocycles. The summed E-state index contributed by atoms with van der Waals surface area (Å²) >= 11 is 3.55. The van der Waals surface area contributed by atoms with Gasteiger partial charge in [0, 0.05) is 28.3 Å². The second-order valence-electron chi connectivity index (χ2n) is 4.28. The minimum absolute atomic E-state index is 0.170. The van der Waals surface area contributed by atoms with Crippen LogP contribution in [0.15, 0.2) is 34.5 Å². The van der Waals surface area contributed by atoms with Gasteiger partial charge in [-0.05, 0) is 24.8 Å². The van der Waals surface area contributed by atoms with Crippen LogP contribution < -0.4 is 5.73 Å². The highest BCUT2D eigenvalue weighted by atomic mass is 32.2. The average molecular weight is 278 g/mol. The fourth-order valence-electron chi connectivity index (χ4n) is 1.72. The summed E-state index contributed by atoms with van der Waals surface area (Å²) in [5.74, 6) is 1.11. The molecular formula is C14H18N2S2. The molecule has 1 atom stereocenters. The zero-order chi connectivity index (χ0) is 13.0. The van der Waals surface area contributed by atoms with Gasteiger partial charge in [0.25, 0.3) is 0 Å². The van der Waals surface area contributed by atoms with Gasteiger partial charge in [0.05, 0.1) is 5.69 Å². The van der Waals surface area contributed by atoms with E-state index in [1.165, 1.54) is 10.5 Å². The number of nitrogens with two attached hydrogens (primary N) is 1. The third-order valence-corrected chi connectivity index (χ3v) is 4.33. The molecule has 0 saturated carbocycles. The van der Waals surface area contributed by atoms with E-state index in [4.69, 9.17) is 5.73 Å². The van der Waals surface area contributed by atoms with Crippen LogP contribution in [0.4, 0.5) is 0 Å². The maximum Gasteiger partial charge on any atom is 0.123 e. The zero-order valence-corrected chi connectivity index (χ0v) is 12.4. The molecule has 0 fully saturated rings. The fourth-order valence-corrected chi connectivity index (χ4v) is 3.22. The number of aromatic nitrogens is 1. The van der Waals surface area contributed by atoms with Crippen LogP contribution in [-0.4, -0.2) is 16.8 Å². The van der Waals surface area contributed by atoms with Crippen LogP contribution in [0.2, 0.25) is 0 Å². The van der Waals surface area contributed by atoms with Gasteiger partial charge in [-0.15, -0.1) is 23.1 Å². The van der Waals surface area contributed by atoms with E-state index in [1.807, 2.05) is 18.7 Å². The minimum atomic E-state index is 0.170. The van der Waals surface area contributed by atoms with Gasteiger partial charge in [0.15, 0.2) is 0 Å². The Hall–Kier alpha value is -0.840. The molecule has 2 nitrogen and oxygen atoms in total. The Kier molecular flexibility index (Phi) is 4.80. The molecule has 18 heavy (non-hydrogen) atoms. The maximum absolute atomic E-state index is 5.79. The number of hydrogen-bond donors (Lipinski definition) is 1. The molecule has 0 amide bonds. The highest BCUT2D eigenvalue weighted by Crippen LogP contribution is 2.26. The Labute approximate surface area is 117 Å². The van der Waals surface area contributed by atoms with Crippen LogP contribution in [0, 0.1) is 0 Å². The van der Waals surface area contributed by atoms with Gasteiger partial charge in [-0.1, -0.05) is 19.1 Å². The van der Waals surface area contributed by atoms with Gasteiger partial charge in [-0.3, -0.25) is 0 Å². The molecule has 0 bridgehead atoms. The fraction of sp³-hybridized carbons (Fsp3) is 0.357. The Morgan fingerprint density at radius 3 is 2.67 bits per heavy atom. The van der Waals surface area contributed by atoms with Gasteiger partial charge in [-0.25, -0.2) is 4.98 Å². The summed E-state index contributed by atoms with van der Waals surface area (Å²) in [6, 6.07) is 8.79. The third kappa shape index (κ3) is 3.57. The molecular weight excluding hydrogens is 260 g/mol. The quantitative estimate of drug-likeness (QED) is 0.845. The van der Waals surface area contributed by atoms with E-state index in [2.05, 4.69) is 41.6 Å². The van der Waals surface area contributed by atoms with E-state index in [0.29, 0.717) is 0 Å².